The first kappa shape index (κ1) is 15.8. The molecule has 9 heteroatoms. The predicted molar refractivity (Wildman–Crippen MR) is 29.8 cm³/mol. The van der Waals surface area contributed by atoms with Crippen LogP contribution >= 0.6 is 0 Å². The molecule has 0 spiro atoms. The Morgan fingerprint density at radius 2 is 1.15 bits per heavy atom. The van der Waals surface area contributed by atoms with Crippen LogP contribution < -0.4 is 0 Å². The summed E-state index contributed by atoms with van der Waals surface area (Å²) in [5, 5.41) is 8.02. The summed E-state index contributed by atoms with van der Waals surface area (Å²) in [5.74, 6) is -5.08. The van der Waals surface area contributed by atoms with E-state index in [4.69, 9.17) is 5.11 Å². The van der Waals surface area contributed by atoms with E-state index in [9.17, 15) is 26.3 Å². The summed E-state index contributed by atoms with van der Waals surface area (Å²) < 4.78 is 72.0. The first-order chi connectivity index (χ1) is 5.06. The number of ether oxygens (including phenoxy) is 1. The fraction of sp³-hybridized carbons (Fsp3) is 1.00. The molecule has 0 rings (SSSR count). The van der Waals surface area contributed by atoms with Crippen molar-refractivity contribution < 1.29 is 36.2 Å². The second-order valence-corrected chi connectivity index (χ2v) is 1.84. The zero-order valence-electron chi connectivity index (χ0n) is 6.20. The zero-order chi connectivity index (χ0) is 10.2. The maximum atomic E-state index is 11.5. The fourth-order valence-electron chi connectivity index (χ4n) is 0.392. The zero-order valence-corrected chi connectivity index (χ0v) is 9.50. The molecule has 0 saturated carbocycles. The normalized spacial score (nSPS) is 13.8. The van der Waals surface area contributed by atoms with Gasteiger partial charge in [-0.25, -0.2) is 0 Å². The van der Waals surface area contributed by atoms with E-state index in [2.05, 4.69) is 4.74 Å². The molecule has 1 N–H and O–H groups in total. The average molecular weight is 313 g/mol. The SMILES string of the molecule is COC(O)(C(F)(F)F)C(F)(F)F.[In]. The van der Waals surface area contributed by atoms with Crippen LogP contribution in [0.15, 0.2) is 0 Å². The molecule has 0 aliphatic carbocycles. The monoisotopic (exact) mass is 313 g/mol. The molecule has 0 aliphatic rings. The summed E-state index contributed by atoms with van der Waals surface area (Å²) in [4.78, 5) is 0. The average Bonchev–Trinajstić information content (AvgIpc) is 1.81. The molecule has 0 heterocycles. The van der Waals surface area contributed by atoms with Gasteiger partial charge < -0.3 is 9.84 Å². The first-order valence-corrected chi connectivity index (χ1v) is 2.47. The molecule has 0 aromatic carbocycles. The van der Waals surface area contributed by atoms with Crippen molar-refractivity contribution in [3.05, 3.63) is 0 Å². The van der Waals surface area contributed by atoms with E-state index in [-0.39, 0.29) is 33.0 Å². The minimum absolute atomic E-state index is 0. The summed E-state index contributed by atoms with van der Waals surface area (Å²) in [5.41, 5.74) is 0. The Hall–Kier alpha value is 0.370. The van der Waals surface area contributed by atoms with E-state index < -0.39 is 18.1 Å². The molecular weight excluding hydrogens is 309 g/mol. The Balaban J connectivity index is 0. The van der Waals surface area contributed by atoms with Gasteiger partial charge in [0.2, 0.25) is 0 Å². The second kappa shape index (κ2) is 4.26. The number of methoxy groups -OCH3 is 1. The molecule has 0 aromatic heterocycles. The molecular formula is C4H4F6InO2. The smallest absolute Gasteiger partial charge is 0.351 e. The van der Waals surface area contributed by atoms with Crippen molar-refractivity contribution in [1.82, 2.24) is 0 Å². The van der Waals surface area contributed by atoms with Crippen LogP contribution in [0.4, 0.5) is 26.3 Å². The van der Waals surface area contributed by atoms with Gasteiger partial charge in [-0.05, 0) is 0 Å². The van der Waals surface area contributed by atoms with Gasteiger partial charge in [0.25, 0.3) is 0 Å². The maximum Gasteiger partial charge on any atom is 0.453 e. The summed E-state index contributed by atoms with van der Waals surface area (Å²) >= 11 is 0. The Morgan fingerprint density at radius 1 is 0.923 bits per heavy atom. The van der Waals surface area contributed by atoms with Gasteiger partial charge in [0, 0.05) is 33.0 Å². The van der Waals surface area contributed by atoms with E-state index in [1.54, 1.807) is 0 Å². The van der Waals surface area contributed by atoms with Crippen LogP contribution in [-0.4, -0.2) is 56.2 Å². The van der Waals surface area contributed by atoms with Crippen molar-refractivity contribution in [2.24, 2.45) is 0 Å². The Bertz CT molecular complexity index is 149. The van der Waals surface area contributed by atoms with Crippen molar-refractivity contribution in [1.29, 1.82) is 0 Å². The number of rotatable bonds is 1. The van der Waals surface area contributed by atoms with E-state index in [1.807, 2.05) is 0 Å². The standard InChI is InChI=1S/C4H4F6O2.In/c1-12-2(11,3(5,6)7)4(8,9)10;/h11H,1H3;. The van der Waals surface area contributed by atoms with Crippen LogP contribution in [0.25, 0.3) is 0 Å². The third-order valence-corrected chi connectivity index (χ3v) is 1.06. The van der Waals surface area contributed by atoms with Gasteiger partial charge in [-0.15, -0.1) is 0 Å². The Labute approximate surface area is 87.6 Å². The predicted octanol–water partition coefficient (Wildman–Crippen LogP) is 1.07. The second-order valence-electron chi connectivity index (χ2n) is 1.84. The first-order valence-electron chi connectivity index (χ1n) is 2.47. The fourth-order valence-corrected chi connectivity index (χ4v) is 0.392. The van der Waals surface area contributed by atoms with Crippen LogP contribution in [0.1, 0.15) is 0 Å². The van der Waals surface area contributed by atoms with E-state index in [0.717, 1.165) is 0 Å². The van der Waals surface area contributed by atoms with Crippen LogP contribution in [0, 0.1) is 0 Å². The molecule has 0 saturated heterocycles. The van der Waals surface area contributed by atoms with E-state index in [0.29, 0.717) is 0 Å². The van der Waals surface area contributed by atoms with Gasteiger partial charge in [-0.2, -0.15) is 26.3 Å². The Kier molecular flexibility index (Phi) is 5.19. The topological polar surface area (TPSA) is 29.5 Å². The van der Waals surface area contributed by atoms with Crippen molar-refractivity contribution >= 4 is 25.8 Å². The molecule has 0 atom stereocenters. The number of hydrogen-bond donors (Lipinski definition) is 1. The minimum Gasteiger partial charge on any atom is -0.351 e. The summed E-state index contributed by atoms with van der Waals surface area (Å²) in [6, 6.07) is 0. The molecule has 0 bridgehead atoms. The molecule has 0 aliphatic heterocycles. The van der Waals surface area contributed by atoms with Gasteiger partial charge in [0.15, 0.2) is 0 Å². The van der Waals surface area contributed by atoms with Gasteiger partial charge >= 0.3 is 18.1 Å². The largest absolute Gasteiger partial charge is 0.453 e. The van der Waals surface area contributed by atoms with Gasteiger partial charge in [0.05, 0.1) is 0 Å². The molecule has 0 aromatic rings. The van der Waals surface area contributed by atoms with E-state index >= 15 is 0 Å². The minimum atomic E-state index is -5.90. The third kappa shape index (κ3) is 2.91. The summed E-state index contributed by atoms with van der Waals surface area (Å²) in [6.45, 7) is 0. The van der Waals surface area contributed by atoms with E-state index in [1.165, 1.54) is 0 Å². The number of aliphatic hydroxyl groups is 1. The Morgan fingerprint density at radius 3 is 1.15 bits per heavy atom. The van der Waals surface area contributed by atoms with Crippen LogP contribution in [0.5, 0.6) is 0 Å². The molecule has 0 fully saturated rings. The van der Waals surface area contributed by atoms with Crippen LogP contribution in [-0.2, 0) is 4.74 Å². The summed E-state index contributed by atoms with van der Waals surface area (Å²) in [7, 11) is 0.112. The van der Waals surface area contributed by atoms with Crippen LogP contribution in [0.2, 0.25) is 0 Å². The molecule has 0 unspecified atom stereocenters. The summed E-state index contributed by atoms with van der Waals surface area (Å²) in [6.07, 6.45) is -11.8. The van der Waals surface area contributed by atoms with Gasteiger partial charge in [-0.1, -0.05) is 0 Å². The maximum absolute atomic E-state index is 11.5. The van der Waals surface area contributed by atoms with Gasteiger partial charge in [-0.3, -0.25) is 0 Å². The molecule has 2 nitrogen and oxygen atoms in total. The number of hydrogen-bond acceptors (Lipinski definition) is 2. The molecule has 3 radical (unpaired) electrons. The molecule has 77 valence electrons. The number of alkyl halides is 6. The third-order valence-electron chi connectivity index (χ3n) is 1.06. The van der Waals surface area contributed by atoms with Crippen molar-refractivity contribution in [3.8, 4) is 0 Å². The van der Waals surface area contributed by atoms with Crippen LogP contribution in [0.3, 0.4) is 0 Å². The van der Waals surface area contributed by atoms with Gasteiger partial charge in [0.1, 0.15) is 0 Å². The van der Waals surface area contributed by atoms with Crippen molar-refractivity contribution in [2.45, 2.75) is 18.1 Å². The number of halogens is 6. The van der Waals surface area contributed by atoms with Crippen molar-refractivity contribution in [3.63, 3.8) is 0 Å². The quantitative estimate of drug-likeness (QED) is 0.580. The molecule has 0 amide bonds. The molecule has 13 heavy (non-hydrogen) atoms. The van der Waals surface area contributed by atoms with Crippen molar-refractivity contribution in [2.75, 3.05) is 7.11 Å².